The van der Waals surface area contributed by atoms with Crippen LogP contribution in [-0.2, 0) is 21.4 Å². The number of nitrogens with one attached hydrogen (secondary N) is 1. The minimum atomic E-state index is -0.878. The van der Waals surface area contributed by atoms with Gasteiger partial charge in [0, 0.05) is 15.0 Å². The molecule has 3 aromatic rings. The molecule has 0 atom stereocenters. The minimum Gasteiger partial charge on any atom is -0.493 e. The third kappa shape index (κ3) is 4.67. The molecular formula is C29H33NO7. The molecule has 1 fully saturated rings. The molecule has 5 rings (SSSR count). The van der Waals surface area contributed by atoms with E-state index in [1.165, 1.54) is 0 Å². The number of hydrogen-bond acceptors (Lipinski definition) is 6. The van der Waals surface area contributed by atoms with Crippen LogP contribution in [0.2, 0.25) is 0 Å². The van der Waals surface area contributed by atoms with Crippen LogP contribution in [0.15, 0.2) is 48.5 Å². The Balaban J connectivity index is 0.00000210. The fourth-order valence-electron chi connectivity index (χ4n) is 4.83. The van der Waals surface area contributed by atoms with Gasteiger partial charge < -0.3 is 29.4 Å². The number of carbonyl (C=O) groups excluding carboxylic acids is 1. The summed E-state index contributed by atoms with van der Waals surface area (Å²) in [4.78, 5) is 24.8. The van der Waals surface area contributed by atoms with Crippen molar-refractivity contribution in [2.24, 2.45) is 0 Å². The summed E-state index contributed by atoms with van der Waals surface area (Å²) in [6, 6.07) is 15.1. The van der Waals surface area contributed by atoms with Crippen molar-refractivity contribution in [3.8, 4) is 34.1 Å². The number of aliphatic carboxylic acids is 1. The molecule has 1 heterocycles. The average Bonchev–Trinajstić information content (AvgIpc) is 3.58. The zero-order valence-corrected chi connectivity index (χ0v) is 21.1. The Morgan fingerprint density at radius 2 is 1.70 bits per heavy atom. The smallest absolute Gasteiger partial charge is 0.303 e. The summed E-state index contributed by atoms with van der Waals surface area (Å²) in [6.45, 7) is 2.17. The molecule has 2 aliphatic rings. The molecule has 8 nitrogen and oxygen atoms in total. The second-order valence-electron chi connectivity index (χ2n) is 9.39. The Hall–Kier alpha value is -4.20. The Kier molecular flexibility index (Phi) is 6.41. The summed E-state index contributed by atoms with van der Waals surface area (Å²) < 4.78 is 21.9. The third-order valence-corrected chi connectivity index (χ3v) is 7.11. The molecule has 0 bridgehead atoms. The van der Waals surface area contributed by atoms with Gasteiger partial charge >= 0.3 is 5.97 Å². The van der Waals surface area contributed by atoms with E-state index in [1.807, 2.05) is 55.5 Å². The number of rotatable bonds is 9. The summed E-state index contributed by atoms with van der Waals surface area (Å²) in [5, 5.41) is 12.4. The normalized spacial score (nSPS) is 14.7. The maximum Gasteiger partial charge on any atom is 0.303 e. The molecule has 2 N–H and O–H groups in total. The van der Waals surface area contributed by atoms with Crippen molar-refractivity contribution in [2.75, 3.05) is 26.3 Å². The van der Waals surface area contributed by atoms with Gasteiger partial charge in [-0.05, 0) is 90.4 Å². The van der Waals surface area contributed by atoms with Crippen molar-refractivity contribution in [3.05, 3.63) is 65.2 Å². The first-order valence-corrected chi connectivity index (χ1v) is 12.1. The largest absolute Gasteiger partial charge is 0.493 e. The van der Waals surface area contributed by atoms with Crippen LogP contribution in [0.5, 0.6) is 23.0 Å². The van der Waals surface area contributed by atoms with Gasteiger partial charge in [0.25, 0.3) is 0 Å². The number of methoxy groups -OCH3 is 2. The standard InChI is InChI=1S/C29H29NO7.2H2/c1-17-4-7-20(30-28(33)29(10-11-29)19-6-8-23-26(13-19)37-16-36-23)14-21(17)22-15-25(35-3)24(34-2)12-18(22)5-9-27(31)32;;/h4,6-8,12-15H,5,9-11,16H2,1-3H3,(H,30,33)(H,31,32);2*1H. The number of carboxylic acids is 1. The highest BCUT2D eigenvalue weighted by molar-refractivity contribution is 6.02. The van der Waals surface area contributed by atoms with E-state index in [0.717, 1.165) is 40.7 Å². The molecule has 1 saturated carbocycles. The number of amides is 1. The molecule has 0 unspecified atom stereocenters. The summed E-state index contributed by atoms with van der Waals surface area (Å²) in [5.74, 6) is 1.49. The zero-order chi connectivity index (χ0) is 26.2. The molecule has 0 spiro atoms. The van der Waals surface area contributed by atoms with E-state index >= 15 is 0 Å². The first-order valence-electron chi connectivity index (χ1n) is 12.1. The van der Waals surface area contributed by atoms with Crippen LogP contribution in [0.25, 0.3) is 11.1 Å². The number of hydrogen-bond donors (Lipinski definition) is 2. The number of carboxylic acid groups (broad SMARTS) is 1. The quantitative estimate of drug-likeness (QED) is 0.389. The number of fused-ring (bicyclic) bond motifs is 1. The van der Waals surface area contributed by atoms with Gasteiger partial charge in [-0.2, -0.15) is 0 Å². The molecule has 1 aliphatic carbocycles. The first-order chi connectivity index (χ1) is 17.8. The lowest BCUT2D eigenvalue weighted by Gasteiger charge is -2.19. The van der Waals surface area contributed by atoms with Crippen molar-refractivity contribution in [1.29, 1.82) is 0 Å². The Morgan fingerprint density at radius 1 is 0.973 bits per heavy atom. The highest BCUT2D eigenvalue weighted by atomic mass is 16.7. The van der Waals surface area contributed by atoms with Crippen LogP contribution < -0.4 is 24.3 Å². The van der Waals surface area contributed by atoms with Crippen LogP contribution in [0.3, 0.4) is 0 Å². The Labute approximate surface area is 218 Å². The van der Waals surface area contributed by atoms with E-state index in [0.29, 0.717) is 35.1 Å². The molecule has 0 aromatic heterocycles. The Bertz CT molecular complexity index is 1390. The number of ether oxygens (including phenoxy) is 4. The van der Waals surface area contributed by atoms with Gasteiger partial charge in [0.2, 0.25) is 12.7 Å². The van der Waals surface area contributed by atoms with Crippen LogP contribution in [0, 0.1) is 6.92 Å². The molecule has 0 radical (unpaired) electrons. The van der Waals surface area contributed by atoms with Crippen molar-refractivity contribution in [3.63, 3.8) is 0 Å². The van der Waals surface area contributed by atoms with Crippen LogP contribution >= 0.6 is 0 Å². The molecule has 3 aromatic carbocycles. The third-order valence-electron chi connectivity index (χ3n) is 7.11. The van der Waals surface area contributed by atoms with Crippen molar-refractivity contribution in [2.45, 2.75) is 38.0 Å². The molecule has 37 heavy (non-hydrogen) atoms. The predicted molar refractivity (Wildman–Crippen MR) is 142 cm³/mol. The minimum absolute atomic E-state index is 0. The summed E-state index contributed by atoms with van der Waals surface area (Å²) in [5.41, 5.74) is 4.51. The van der Waals surface area contributed by atoms with Gasteiger partial charge in [0.15, 0.2) is 23.0 Å². The fourth-order valence-corrected chi connectivity index (χ4v) is 4.83. The van der Waals surface area contributed by atoms with Crippen molar-refractivity contribution < 1.29 is 36.5 Å². The van der Waals surface area contributed by atoms with Gasteiger partial charge in [0.1, 0.15) is 0 Å². The first kappa shape index (κ1) is 24.5. The van der Waals surface area contributed by atoms with Gasteiger partial charge in [-0.3, -0.25) is 9.59 Å². The predicted octanol–water partition coefficient (Wildman–Crippen LogP) is 5.59. The average molecular weight is 508 g/mol. The maximum absolute atomic E-state index is 13.5. The van der Waals surface area contributed by atoms with Crippen molar-refractivity contribution >= 4 is 17.6 Å². The summed E-state index contributed by atoms with van der Waals surface area (Å²) in [6.07, 6.45) is 1.82. The van der Waals surface area contributed by atoms with E-state index < -0.39 is 11.4 Å². The number of anilines is 1. The summed E-state index contributed by atoms with van der Waals surface area (Å²) in [7, 11) is 3.11. The lowest BCUT2D eigenvalue weighted by Crippen LogP contribution is -2.27. The number of aryl methyl sites for hydroxylation is 2. The summed E-state index contributed by atoms with van der Waals surface area (Å²) >= 11 is 0. The topological polar surface area (TPSA) is 103 Å². The van der Waals surface area contributed by atoms with E-state index in [-0.39, 0.29) is 22.0 Å². The van der Waals surface area contributed by atoms with E-state index in [2.05, 4.69) is 5.32 Å². The highest BCUT2D eigenvalue weighted by Gasteiger charge is 2.51. The lowest BCUT2D eigenvalue weighted by atomic mass is 9.92. The van der Waals surface area contributed by atoms with Crippen LogP contribution in [0.4, 0.5) is 5.69 Å². The van der Waals surface area contributed by atoms with Gasteiger partial charge in [-0.1, -0.05) is 12.1 Å². The molecule has 196 valence electrons. The zero-order valence-electron chi connectivity index (χ0n) is 21.1. The van der Waals surface area contributed by atoms with E-state index in [4.69, 9.17) is 18.9 Å². The highest BCUT2D eigenvalue weighted by Crippen LogP contribution is 2.51. The maximum atomic E-state index is 13.5. The molecule has 8 heteroatoms. The fraction of sp³-hybridized carbons (Fsp3) is 0.310. The lowest BCUT2D eigenvalue weighted by molar-refractivity contribution is -0.137. The monoisotopic (exact) mass is 507 g/mol. The van der Waals surface area contributed by atoms with Gasteiger partial charge in [-0.15, -0.1) is 0 Å². The SMILES string of the molecule is COc1cc(CCC(=O)O)c(-c2cc(NC(=O)C3(c4ccc5c(c4)OCO5)CC3)ccc2C)cc1OC.[HH].[HH]. The second kappa shape index (κ2) is 9.69. The number of carbonyl (C=O) groups is 2. The van der Waals surface area contributed by atoms with Crippen molar-refractivity contribution in [1.82, 2.24) is 0 Å². The van der Waals surface area contributed by atoms with E-state index in [9.17, 15) is 14.7 Å². The van der Waals surface area contributed by atoms with Gasteiger partial charge in [-0.25, -0.2) is 0 Å². The van der Waals surface area contributed by atoms with Crippen LogP contribution in [-0.4, -0.2) is 38.0 Å². The molecule has 1 aliphatic heterocycles. The van der Waals surface area contributed by atoms with Gasteiger partial charge in [0.05, 0.1) is 19.6 Å². The second-order valence-corrected chi connectivity index (χ2v) is 9.39. The number of benzene rings is 3. The molecular weight excluding hydrogens is 474 g/mol. The molecule has 0 saturated heterocycles. The molecule has 1 amide bonds. The van der Waals surface area contributed by atoms with Crippen LogP contribution in [0.1, 0.15) is 38.8 Å². The Morgan fingerprint density at radius 3 is 2.41 bits per heavy atom. The van der Waals surface area contributed by atoms with E-state index in [1.54, 1.807) is 14.2 Å².